The molecule has 0 aliphatic heterocycles. The molecule has 0 radical (unpaired) electrons. The smallest absolute Gasteiger partial charge is 0.177 e. The summed E-state index contributed by atoms with van der Waals surface area (Å²) in [4.78, 5) is 2.86. The zero-order valence-corrected chi connectivity index (χ0v) is 11.1. The maximum atomic E-state index is 10.4. The number of aromatic nitrogens is 4. The Balaban J connectivity index is 1.76. The summed E-state index contributed by atoms with van der Waals surface area (Å²) in [5, 5.41) is 24.4. The summed E-state index contributed by atoms with van der Waals surface area (Å²) < 4.78 is 0. The van der Waals surface area contributed by atoms with Crippen molar-refractivity contribution in [3.8, 4) is 0 Å². The standard InChI is InChI=1S/C12H16N4OS/c1-16-14-12(13-15-16)7-10(17)8-3-2-4-11-9(8)5-6-18-11/h5-6,8,10,17H,2-4,7H2,1H3. The molecule has 0 aromatic carbocycles. The molecule has 3 rings (SSSR count). The average molecular weight is 264 g/mol. The quantitative estimate of drug-likeness (QED) is 0.907. The number of aliphatic hydroxyl groups is 1. The van der Waals surface area contributed by atoms with Crippen LogP contribution in [-0.4, -0.2) is 31.4 Å². The Morgan fingerprint density at radius 3 is 3.28 bits per heavy atom. The van der Waals surface area contributed by atoms with Crippen molar-refractivity contribution in [2.24, 2.45) is 7.05 Å². The Labute approximate surface area is 109 Å². The van der Waals surface area contributed by atoms with Crippen LogP contribution in [-0.2, 0) is 19.9 Å². The molecule has 2 aromatic rings. The lowest BCUT2D eigenvalue weighted by Gasteiger charge is -2.26. The van der Waals surface area contributed by atoms with E-state index in [0.717, 1.165) is 19.3 Å². The Kier molecular flexibility index (Phi) is 3.13. The third-order valence-corrected chi connectivity index (χ3v) is 4.50. The molecule has 0 saturated carbocycles. The zero-order chi connectivity index (χ0) is 12.5. The monoisotopic (exact) mass is 264 g/mol. The second kappa shape index (κ2) is 4.78. The number of rotatable bonds is 3. The number of nitrogens with zero attached hydrogens (tertiary/aromatic N) is 4. The molecule has 0 saturated heterocycles. The first-order valence-corrected chi connectivity index (χ1v) is 7.09. The van der Waals surface area contributed by atoms with E-state index in [9.17, 15) is 5.11 Å². The van der Waals surface area contributed by atoms with Gasteiger partial charge in [0.2, 0.25) is 0 Å². The highest BCUT2D eigenvalue weighted by Gasteiger charge is 2.28. The normalized spacial score (nSPS) is 20.7. The summed E-state index contributed by atoms with van der Waals surface area (Å²) in [5.41, 5.74) is 1.32. The molecule has 2 aromatic heterocycles. The highest BCUT2D eigenvalue weighted by Crippen LogP contribution is 2.37. The van der Waals surface area contributed by atoms with Crippen molar-refractivity contribution in [2.45, 2.75) is 37.7 Å². The summed E-state index contributed by atoms with van der Waals surface area (Å²) >= 11 is 1.80. The molecule has 2 atom stereocenters. The van der Waals surface area contributed by atoms with E-state index in [1.165, 1.54) is 15.2 Å². The number of aliphatic hydroxyl groups excluding tert-OH is 1. The second-order valence-electron chi connectivity index (χ2n) is 4.76. The Morgan fingerprint density at radius 1 is 1.61 bits per heavy atom. The third-order valence-electron chi connectivity index (χ3n) is 3.50. The Hall–Kier alpha value is -1.27. The van der Waals surface area contributed by atoms with Gasteiger partial charge in [0.1, 0.15) is 0 Å². The summed E-state index contributed by atoms with van der Waals surface area (Å²) in [6, 6.07) is 2.15. The van der Waals surface area contributed by atoms with Gasteiger partial charge in [-0.1, -0.05) is 0 Å². The molecule has 1 aliphatic carbocycles. The lowest BCUT2D eigenvalue weighted by Crippen LogP contribution is -2.24. The Morgan fingerprint density at radius 2 is 2.50 bits per heavy atom. The molecule has 6 heteroatoms. The van der Waals surface area contributed by atoms with Crippen LogP contribution in [0.3, 0.4) is 0 Å². The first-order chi connectivity index (χ1) is 8.74. The van der Waals surface area contributed by atoms with Crippen molar-refractivity contribution in [3.05, 3.63) is 27.7 Å². The van der Waals surface area contributed by atoms with Crippen LogP contribution in [0.25, 0.3) is 0 Å². The van der Waals surface area contributed by atoms with Gasteiger partial charge in [0.15, 0.2) is 5.82 Å². The predicted molar refractivity (Wildman–Crippen MR) is 68.5 cm³/mol. The van der Waals surface area contributed by atoms with Crippen molar-refractivity contribution >= 4 is 11.3 Å². The molecular weight excluding hydrogens is 248 g/mol. The topological polar surface area (TPSA) is 63.8 Å². The molecule has 0 bridgehead atoms. The van der Waals surface area contributed by atoms with Crippen molar-refractivity contribution in [2.75, 3.05) is 0 Å². The number of hydrogen-bond acceptors (Lipinski definition) is 5. The van der Waals surface area contributed by atoms with Gasteiger partial charge >= 0.3 is 0 Å². The molecule has 1 aliphatic rings. The van der Waals surface area contributed by atoms with Crippen LogP contribution < -0.4 is 0 Å². The van der Waals surface area contributed by atoms with Crippen LogP contribution in [0.5, 0.6) is 0 Å². The van der Waals surface area contributed by atoms with Gasteiger partial charge in [-0.05, 0) is 41.5 Å². The summed E-state index contributed by atoms with van der Waals surface area (Å²) in [6.07, 6.45) is 3.42. The van der Waals surface area contributed by atoms with E-state index in [1.54, 1.807) is 18.4 Å². The molecule has 1 N–H and O–H groups in total. The molecule has 5 nitrogen and oxygen atoms in total. The van der Waals surface area contributed by atoms with Crippen molar-refractivity contribution in [3.63, 3.8) is 0 Å². The number of thiophene rings is 1. The van der Waals surface area contributed by atoms with Crippen LogP contribution in [0.1, 0.15) is 35.0 Å². The van der Waals surface area contributed by atoms with Crippen molar-refractivity contribution < 1.29 is 5.11 Å². The van der Waals surface area contributed by atoms with E-state index >= 15 is 0 Å². The average Bonchev–Trinajstić information content (AvgIpc) is 2.97. The predicted octanol–water partition coefficient (Wildman–Crippen LogP) is 1.30. The highest BCUT2D eigenvalue weighted by molar-refractivity contribution is 7.10. The Bertz CT molecular complexity index is 536. The van der Waals surface area contributed by atoms with Gasteiger partial charge in [-0.3, -0.25) is 0 Å². The fourth-order valence-electron chi connectivity index (χ4n) is 2.66. The molecule has 96 valence electrons. The lowest BCUT2D eigenvalue weighted by molar-refractivity contribution is 0.132. The molecule has 0 amide bonds. The van der Waals surface area contributed by atoms with Crippen LogP contribution in [0.2, 0.25) is 0 Å². The van der Waals surface area contributed by atoms with E-state index in [0.29, 0.717) is 12.2 Å². The van der Waals surface area contributed by atoms with Crippen molar-refractivity contribution in [1.29, 1.82) is 0 Å². The first kappa shape index (κ1) is 11.8. The van der Waals surface area contributed by atoms with Gasteiger partial charge < -0.3 is 5.11 Å². The van der Waals surface area contributed by atoms with E-state index in [4.69, 9.17) is 0 Å². The molecule has 18 heavy (non-hydrogen) atoms. The minimum absolute atomic E-state index is 0.226. The van der Waals surface area contributed by atoms with Gasteiger partial charge in [0.05, 0.1) is 13.2 Å². The number of hydrogen-bond donors (Lipinski definition) is 1. The van der Waals surface area contributed by atoms with Gasteiger partial charge in [-0.15, -0.1) is 21.5 Å². The highest BCUT2D eigenvalue weighted by atomic mass is 32.1. The molecule has 0 spiro atoms. The van der Waals surface area contributed by atoms with Gasteiger partial charge in [-0.2, -0.15) is 4.80 Å². The number of fused-ring (bicyclic) bond motifs is 1. The van der Waals surface area contributed by atoms with Gasteiger partial charge in [0, 0.05) is 17.2 Å². The van der Waals surface area contributed by atoms with Gasteiger partial charge in [0.25, 0.3) is 0 Å². The fourth-order valence-corrected chi connectivity index (χ4v) is 3.65. The second-order valence-corrected chi connectivity index (χ2v) is 5.77. The zero-order valence-electron chi connectivity index (χ0n) is 10.3. The van der Waals surface area contributed by atoms with Crippen LogP contribution >= 0.6 is 11.3 Å². The number of aryl methyl sites for hydroxylation is 2. The SMILES string of the molecule is Cn1nnc(CC(O)C2CCCc3sccc32)n1. The molecule has 0 fully saturated rings. The lowest BCUT2D eigenvalue weighted by atomic mass is 9.83. The maximum absolute atomic E-state index is 10.4. The van der Waals surface area contributed by atoms with Crippen LogP contribution in [0.4, 0.5) is 0 Å². The number of tetrazole rings is 1. The van der Waals surface area contributed by atoms with Gasteiger partial charge in [-0.25, -0.2) is 0 Å². The maximum Gasteiger partial charge on any atom is 0.177 e. The van der Waals surface area contributed by atoms with Crippen LogP contribution in [0.15, 0.2) is 11.4 Å². The summed E-state index contributed by atoms with van der Waals surface area (Å²) in [5.74, 6) is 0.844. The minimum Gasteiger partial charge on any atom is -0.392 e. The van der Waals surface area contributed by atoms with Crippen LogP contribution in [0, 0.1) is 0 Å². The summed E-state index contributed by atoms with van der Waals surface area (Å²) in [6.45, 7) is 0. The molecule has 2 heterocycles. The largest absolute Gasteiger partial charge is 0.392 e. The van der Waals surface area contributed by atoms with E-state index < -0.39 is 6.10 Å². The third kappa shape index (κ3) is 2.18. The fraction of sp³-hybridized carbons (Fsp3) is 0.583. The van der Waals surface area contributed by atoms with E-state index in [2.05, 4.69) is 26.9 Å². The first-order valence-electron chi connectivity index (χ1n) is 6.21. The summed E-state index contributed by atoms with van der Waals surface area (Å²) in [7, 11) is 1.74. The van der Waals surface area contributed by atoms with E-state index in [-0.39, 0.29) is 5.92 Å². The molecule has 2 unspecified atom stereocenters. The minimum atomic E-state index is -0.414. The van der Waals surface area contributed by atoms with Crippen molar-refractivity contribution in [1.82, 2.24) is 20.2 Å². The van der Waals surface area contributed by atoms with E-state index in [1.807, 2.05) is 0 Å². The molecular formula is C12H16N4OS.